The highest BCUT2D eigenvalue weighted by atomic mass is 28.2. The molecule has 8 heteroatoms. The first-order chi connectivity index (χ1) is 6.24. The predicted molar refractivity (Wildman–Crippen MR) is 66.0 cm³/mol. The highest BCUT2D eigenvalue weighted by Crippen LogP contribution is 2.18. The Morgan fingerprint density at radius 1 is 0.615 bits per heavy atom. The Morgan fingerprint density at radius 2 is 0.846 bits per heavy atom. The zero-order valence-electron chi connectivity index (χ0n) is 8.96. The van der Waals surface area contributed by atoms with E-state index >= 15 is 0 Å². The first-order valence-electron chi connectivity index (χ1n) is 4.20. The van der Waals surface area contributed by atoms with Crippen LogP contribution in [0.1, 0.15) is 0 Å². The molecular weight excluding hydrogens is 236 g/mol. The van der Waals surface area contributed by atoms with Crippen molar-refractivity contribution in [1.29, 1.82) is 0 Å². The zero-order chi connectivity index (χ0) is 10.2. The smallest absolute Gasteiger partial charge is 0.145 e. The van der Waals surface area contributed by atoms with Crippen LogP contribution in [-0.2, 0) is 17.7 Å². The molecule has 80 valence electrons. The van der Waals surface area contributed by atoms with Crippen molar-refractivity contribution >= 4 is 41.9 Å². The van der Waals surface area contributed by atoms with Gasteiger partial charge in [0.1, 0.15) is 41.9 Å². The van der Waals surface area contributed by atoms with Gasteiger partial charge in [0, 0.05) is 26.4 Å². The third-order valence-corrected chi connectivity index (χ3v) is 2.96. The van der Waals surface area contributed by atoms with Gasteiger partial charge in [-0.15, -0.1) is 0 Å². The summed E-state index contributed by atoms with van der Waals surface area (Å²) in [6.45, 7) is 2.80. The average molecular weight is 257 g/mol. The zero-order valence-corrected chi connectivity index (χ0v) is 17.0. The summed E-state index contributed by atoms with van der Waals surface area (Å²) in [5.74, 6) is 0. The molecule has 0 atom stereocenters. The Bertz CT molecular complexity index is 95.6. The maximum atomic E-state index is 5.31. The summed E-state index contributed by atoms with van der Waals surface area (Å²) in [6.07, 6.45) is 0. The minimum atomic E-state index is -0.0486. The van der Waals surface area contributed by atoms with E-state index in [0.717, 1.165) is 41.9 Å². The minimum absolute atomic E-state index is 0.0486. The molecular formula is C5H20O4Si4. The van der Waals surface area contributed by atoms with Crippen LogP contribution in [0.15, 0.2) is 0 Å². The number of rotatable bonds is 8. The van der Waals surface area contributed by atoms with Crippen LogP contribution in [0.2, 0.25) is 0 Å². The summed E-state index contributed by atoms with van der Waals surface area (Å²) in [7, 11) is 3.03. The lowest BCUT2D eigenvalue weighted by Crippen LogP contribution is -2.41. The van der Waals surface area contributed by atoms with Crippen molar-refractivity contribution in [3.05, 3.63) is 0 Å². The highest BCUT2D eigenvalue weighted by Gasteiger charge is 2.29. The van der Waals surface area contributed by atoms with Gasteiger partial charge >= 0.3 is 0 Å². The first kappa shape index (κ1) is 13.7. The van der Waals surface area contributed by atoms with Gasteiger partial charge in [0.05, 0.1) is 5.41 Å². The van der Waals surface area contributed by atoms with Gasteiger partial charge in [0.25, 0.3) is 0 Å². The van der Waals surface area contributed by atoms with Gasteiger partial charge in [-0.25, -0.2) is 0 Å². The second-order valence-electron chi connectivity index (χ2n) is 3.23. The predicted octanol–water partition coefficient (Wildman–Crippen LogP) is -4.84. The van der Waals surface area contributed by atoms with Gasteiger partial charge in [0.15, 0.2) is 0 Å². The number of hydrogen-bond acceptors (Lipinski definition) is 4. The van der Waals surface area contributed by atoms with E-state index in [2.05, 4.69) is 0 Å². The Balaban J connectivity index is 4.19. The summed E-state index contributed by atoms with van der Waals surface area (Å²) in [4.78, 5) is 0. The van der Waals surface area contributed by atoms with Gasteiger partial charge in [0.2, 0.25) is 0 Å². The molecule has 0 radical (unpaired) electrons. The molecule has 0 amide bonds. The van der Waals surface area contributed by atoms with E-state index in [4.69, 9.17) is 17.7 Å². The van der Waals surface area contributed by atoms with Crippen molar-refractivity contribution in [1.82, 2.24) is 0 Å². The lowest BCUT2D eigenvalue weighted by atomic mass is 9.93. The summed E-state index contributed by atoms with van der Waals surface area (Å²) in [5.41, 5.74) is -0.0486. The molecule has 0 aromatic heterocycles. The second-order valence-corrected chi connectivity index (χ2v) is 5.54. The summed E-state index contributed by atoms with van der Waals surface area (Å²) in [5, 5.41) is 0. The van der Waals surface area contributed by atoms with Gasteiger partial charge < -0.3 is 17.7 Å². The highest BCUT2D eigenvalue weighted by molar-refractivity contribution is 5.99. The van der Waals surface area contributed by atoms with Crippen LogP contribution in [0, 0.1) is 5.41 Å². The van der Waals surface area contributed by atoms with Crippen molar-refractivity contribution in [2.45, 2.75) is 0 Å². The van der Waals surface area contributed by atoms with E-state index in [0.29, 0.717) is 26.4 Å². The molecule has 0 N–H and O–H groups in total. The van der Waals surface area contributed by atoms with E-state index in [9.17, 15) is 0 Å². The molecule has 0 saturated heterocycles. The maximum absolute atomic E-state index is 5.31. The van der Waals surface area contributed by atoms with Crippen molar-refractivity contribution in [2.75, 3.05) is 26.4 Å². The Hall–Kier alpha value is 0.708. The molecule has 0 aromatic rings. The summed E-state index contributed by atoms with van der Waals surface area (Å²) >= 11 is 0. The lowest BCUT2D eigenvalue weighted by molar-refractivity contribution is 0.00509. The molecule has 0 heterocycles. The van der Waals surface area contributed by atoms with Gasteiger partial charge in [-0.2, -0.15) is 0 Å². The molecule has 0 aromatic carbocycles. The molecule has 0 aliphatic heterocycles. The maximum Gasteiger partial charge on any atom is 0.145 e. The van der Waals surface area contributed by atoms with E-state index in [1.165, 1.54) is 0 Å². The first-order valence-corrected chi connectivity index (χ1v) is 7.47. The molecule has 13 heavy (non-hydrogen) atoms. The Morgan fingerprint density at radius 3 is 1.00 bits per heavy atom. The van der Waals surface area contributed by atoms with Crippen molar-refractivity contribution in [3.8, 4) is 0 Å². The van der Waals surface area contributed by atoms with Crippen molar-refractivity contribution in [3.63, 3.8) is 0 Å². The standard InChI is InChI=1S/C5H20O4Si4/c10-6-1-5(2-7-11,3-8-12)4-9-13/h1-4H2,10-13H3. The second kappa shape index (κ2) is 8.05. The van der Waals surface area contributed by atoms with E-state index in [1.807, 2.05) is 0 Å². The normalized spacial score (nSPS) is 16.6. The molecule has 0 unspecified atom stereocenters. The van der Waals surface area contributed by atoms with Crippen LogP contribution in [0.4, 0.5) is 0 Å². The van der Waals surface area contributed by atoms with Gasteiger partial charge in [-0.05, 0) is 0 Å². The molecule has 0 saturated carbocycles. The largest absolute Gasteiger partial charge is 0.427 e. The van der Waals surface area contributed by atoms with E-state index in [-0.39, 0.29) is 5.41 Å². The average Bonchev–Trinajstić information content (AvgIpc) is 2.06. The quantitative estimate of drug-likeness (QED) is 0.408. The van der Waals surface area contributed by atoms with Crippen molar-refractivity contribution < 1.29 is 17.7 Å². The van der Waals surface area contributed by atoms with E-state index in [1.54, 1.807) is 0 Å². The van der Waals surface area contributed by atoms with Gasteiger partial charge in [-0.1, -0.05) is 0 Å². The summed E-state index contributed by atoms with van der Waals surface area (Å²) in [6, 6.07) is 0. The molecule has 0 aliphatic carbocycles. The monoisotopic (exact) mass is 256 g/mol. The molecule has 4 nitrogen and oxygen atoms in total. The van der Waals surface area contributed by atoms with E-state index < -0.39 is 0 Å². The third kappa shape index (κ3) is 5.22. The Labute approximate surface area is 91.8 Å². The minimum Gasteiger partial charge on any atom is -0.427 e. The molecule has 0 bridgehead atoms. The summed E-state index contributed by atoms with van der Waals surface area (Å²) < 4.78 is 21.2. The topological polar surface area (TPSA) is 36.9 Å². The third-order valence-electron chi connectivity index (χ3n) is 1.80. The fraction of sp³-hybridized carbons (Fsp3) is 1.00. The van der Waals surface area contributed by atoms with Crippen LogP contribution in [-0.4, -0.2) is 68.4 Å². The fourth-order valence-corrected chi connectivity index (χ4v) is 3.92. The molecule has 0 aliphatic rings. The molecule has 0 spiro atoms. The van der Waals surface area contributed by atoms with Gasteiger partial charge in [-0.3, -0.25) is 0 Å². The SMILES string of the molecule is [SiH3]OCC(CO[SiH3])(CO[SiH3])CO[SiH3]. The van der Waals surface area contributed by atoms with Crippen molar-refractivity contribution in [2.24, 2.45) is 5.41 Å². The van der Waals surface area contributed by atoms with Crippen LogP contribution < -0.4 is 0 Å². The molecule has 0 rings (SSSR count). The Kier molecular flexibility index (Phi) is 8.49. The lowest BCUT2D eigenvalue weighted by Gasteiger charge is -2.31. The number of hydrogen-bond donors (Lipinski definition) is 0. The fourth-order valence-electron chi connectivity index (χ4n) is 1.47. The molecule has 0 fully saturated rings. The van der Waals surface area contributed by atoms with Crippen LogP contribution in [0.5, 0.6) is 0 Å². The van der Waals surface area contributed by atoms with Crippen LogP contribution >= 0.6 is 0 Å². The van der Waals surface area contributed by atoms with Crippen LogP contribution in [0.3, 0.4) is 0 Å². The van der Waals surface area contributed by atoms with Crippen LogP contribution in [0.25, 0.3) is 0 Å².